The maximum atomic E-state index is 12.1. The molecule has 0 radical (unpaired) electrons. The Morgan fingerprint density at radius 3 is 2.22 bits per heavy atom. The summed E-state index contributed by atoms with van der Waals surface area (Å²) in [6, 6.07) is 0. The summed E-state index contributed by atoms with van der Waals surface area (Å²) in [4.78, 5) is 24.2. The van der Waals surface area contributed by atoms with Gasteiger partial charge in [-0.1, -0.05) is 0 Å². The Bertz CT molecular complexity index is 423. The molecule has 1 unspecified atom stereocenters. The lowest BCUT2D eigenvalue weighted by atomic mass is 9.76. The van der Waals surface area contributed by atoms with Crippen LogP contribution in [0.5, 0.6) is 0 Å². The number of esters is 2. The molecule has 1 heterocycles. The summed E-state index contributed by atoms with van der Waals surface area (Å²) in [5.74, 6) is -1.54. The SMILES string of the molecule is COC(=O)C(CC(=O)OC(C)(C)C)C1CCC2(CC1)OCCO2. The summed E-state index contributed by atoms with van der Waals surface area (Å²) in [6.07, 6.45) is 3.12. The van der Waals surface area contributed by atoms with Crippen molar-refractivity contribution in [3.63, 3.8) is 0 Å². The monoisotopic (exact) mass is 328 g/mol. The maximum Gasteiger partial charge on any atom is 0.309 e. The Kier molecular flexibility index (Phi) is 5.68. The molecule has 0 bridgehead atoms. The van der Waals surface area contributed by atoms with E-state index in [-0.39, 0.29) is 24.3 Å². The molecule has 1 saturated heterocycles. The topological polar surface area (TPSA) is 71.1 Å². The van der Waals surface area contributed by atoms with Crippen LogP contribution in [0.3, 0.4) is 0 Å². The van der Waals surface area contributed by atoms with Crippen molar-refractivity contribution in [2.45, 2.75) is 64.3 Å². The second-order valence-corrected chi connectivity index (χ2v) is 7.37. The van der Waals surface area contributed by atoms with E-state index in [1.165, 1.54) is 7.11 Å². The molecule has 2 fully saturated rings. The lowest BCUT2D eigenvalue weighted by molar-refractivity contribution is -0.188. The van der Waals surface area contributed by atoms with Gasteiger partial charge in [-0.05, 0) is 39.5 Å². The molecule has 6 nitrogen and oxygen atoms in total. The molecule has 6 heteroatoms. The van der Waals surface area contributed by atoms with Crippen molar-refractivity contribution in [3.05, 3.63) is 0 Å². The van der Waals surface area contributed by atoms with Crippen molar-refractivity contribution in [2.75, 3.05) is 20.3 Å². The summed E-state index contributed by atoms with van der Waals surface area (Å²) in [5, 5.41) is 0. The average Bonchev–Trinajstić information content (AvgIpc) is 2.91. The lowest BCUT2D eigenvalue weighted by Gasteiger charge is -2.37. The first-order chi connectivity index (χ1) is 10.7. The zero-order chi connectivity index (χ0) is 17.1. The molecule has 1 saturated carbocycles. The van der Waals surface area contributed by atoms with Crippen molar-refractivity contribution in [3.8, 4) is 0 Å². The number of methoxy groups -OCH3 is 1. The predicted molar refractivity (Wildman–Crippen MR) is 82.6 cm³/mol. The van der Waals surface area contributed by atoms with Crippen molar-refractivity contribution < 1.29 is 28.5 Å². The molecule has 1 atom stereocenters. The number of rotatable bonds is 4. The molecule has 23 heavy (non-hydrogen) atoms. The molecule has 1 aliphatic heterocycles. The van der Waals surface area contributed by atoms with E-state index in [2.05, 4.69) is 0 Å². The number of hydrogen-bond donors (Lipinski definition) is 0. The number of carbonyl (C=O) groups is 2. The van der Waals surface area contributed by atoms with E-state index >= 15 is 0 Å². The minimum Gasteiger partial charge on any atom is -0.469 e. The summed E-state index contributed by atoms with van der Waals surface area (Å²) in [5.41, 5.74) is -0.556. The third kappa shape index (κ3) is 4.91. The largest absolute Gasteiger partial charge is 0.469 e. The molecule has 2 aliphatic rings. The number of carbonyl (C=O) groups excluding carboxylic acids is 2. The Morgan fingerprint density at radius 1 is 1.17 bits per heavy atom. The summed E-state index contributed by atoms with van der Waals surface area (Å²) in [7, 11) is 1.36. The summed E-state index contributed by atoms with van der Waals surface area (Å²) < 4.78 is 21.7. The van der Waals surface area contributed by atoms with Gasteiger partial charge in [0.05, 0.1) is 32.7 Å². The van der Waals surface area contributed by atoms with Gasteiger partial charge in [0.15, 0.2) is 5.79 Å². The molecular formula is C17H28O6. The molecule has 1 spiro atoms. The molecule has 0 aromatic heterocycles. The molecule has 0 amide bonds. The van der Waals surface area contributed by atoms with Gasteiger partial charge >= 0.3 is 11.9 Å². The molecular weight excluding hydrogens is 300 g/mol. The zero-order valence-electron chi connectivity index (χ0n) is 14.6. The first kappa shape index (κ1) is 18.2. The first-order valence-corrected chi connectivity index (χ1v) is 8.32. The van der Waals surface area contributed by atoms with Crippen LogP contribution in [0.2, 0.25) is 0 Å². The Morgan fingerprint density at radius 2 is 1.74 bits per heavy atom. The highest BCUT2D eigenvalue weighted by Gasteiger charge is 2.44. The van der Waals surface area contributed by atoms with Crippen molar-refractivity contribution in [1.82, 2.24) is 0 Å². The predicted octanol–water partition coefficient (Wildman–Crippen LogP) is 2.44. The molecule has 2 rings (SSSR count). The third-order valence-corrected chi connectivity index (χ3v) is 4.49. The number of hydrogen-bond acceptors (Lipinski definition) is 6. The van der Waals surface area contributed by atoms with Crippen molar-refractivity contribution in [1.29, 1.82) is 0 Å². The van der Waals surface area contributed by atoms with Crippen LogP contribution in [0, 0.1) is 11.8 Å². The quantitative estimate of drug-likeness (QED) is 0.738. The van der Waals surface area contributed by atoms with Crippen LogP contribution < -0.4 is 0 Å². The van der Waals surface area contributed by atoms with Crippen LogP contribution in [0.15, 0.2) is 0 Å². The molecule has 0 aromatic carbocycles. The van der Waals surface area contributed by atoms with E-state index in [9.17, 15) is 9.59 Å². The van der Waals surface area contributed by atoms with E-state index in [0.717, 1.165) is 25.7 Å². The van der Waals surface area contributed by atoms with E-state index in [0.29, 0.717) is 13.2 Å². The van der Waals surface area contributed by atoms with Crippen LogP contribution in [-0.2, 0) is 28.5 Å². The van der Waals surface area contributed by atoms with Gasteiger partial charge < -0.3 is 18.9 Å². The van der Waals surface area contributed by atoms with Gasteiger partial charge in [-0.15, -0.1) is 0 Å². The maximum absolute atomic E-state index is 12.1. The fraction of sp³-hybridized carbons (Fsp3) is 0.882. The van der Waals surface area contributed by atoms with E-state index < -0.39 is 17.3 Å². The van der Waals surface area contributed by atoms with Gasteiger partial charge in [-0.3, -0.25) is 9.59 Å². The molecule has 0 aromatic rings. The highest BCUT2D eigenvalue weighted by molar-refractivity contribution is 5.80. The van der Waals surface area contributed by atoms with E-state index in [4.69, 9.17) is 18.9 Å². The fourth-order valence-corrected chi connectivity index (χ4v) is 3.42. The van der Waals surface area contributed by atoms with Gasteiger partial charge in [0.1, 0.15) is 5.60 Å². The van der Waals surface area contributed by atoms with Gasteiger partial charge in [0, 0.05) is 12.8 Å². The smallest absolute Gasteiger partial charge is 0.309 e. The Labute approximate surface area is 137 Å². The summed E-state index contributed by atoms with van der Waals surface area (Å²) >= 11 is 0. The van der Waals surface area contributed by atoms with Gasteiger partial charge in [-0.2, -0.15) is 0 Å². The van der Waals surface area contributed by atoms with E-state index in [1.807, 2.05) is 20.8 Å². The minimum atomic E-state index is -0.556. The van der Waals surface area contributed by atoms with Crippen LogP contribution in [0.25, 0.3) is 0 Å². The second kappa shape index (κ2) is 7.18. The molecule has 1 aliphatic carbocycles. The number of ether oxygens (including phenoxy) is 4. The van der Waals surface area contributed by atoms with Gasteiger partial charge in [0.2, 0.25) is 0 Å². The summed E-state index contributed by atoms with van der Waals surface area (Å²) in [6.45, 7) is 6.71. The first-order valence-electron chi connectivity index (χ1n) is 8.32. The van der Waals surface area contributed by atoms with Gasteiger partial charge in [0.25, 0.3) is 0 Å². The van der Waals surface area contributed by atoms with Crippen molar-refractivity contribution >= 4 is 11.9 Å². The highest BCUT2D eigenvalue weighted by Crippen LogP contribution is 2.42. The van der Waals surface area contributed by atoms with Crippen LogP contribution in [0.4, 0.5) is 0 Å². The fourth-order valence-electron chi connectivity index (χ4n) is 3.42. The van der Waals surface area contributed by atoms with Crippen LogP contribution >= 0.6 is 0 Å². The molecule has 0 N–H and O–H groups in total. The third-order valence-electron chi connectivity index (χ3n) is 4.49. The van der Waals surface area contributed by atoms with Gasteiger partial charge in [-0.25, -0.2) is 0 Å². The van der Waals surface area contributed by atoms with Crippen LogP contribution in [0.1, 0.15) is 52.9 Å². The normalized spacial score (nSPS) is 22.8. The standard InChI is InChI=1S/C17H28O6/c1-16(2,3)23-14(18)11-13(15(19)20-4)12-5-7-17(8-6-12)21-9-10-22-17/h12-13H,5-11H2,1-4H3. The second-order valence-electron chi connectivity index (χ2n) is 7.37. The molecule has 132 valence electrons. The Balaban J connectivity index is 1.96. The minimum absolute atomic E-state index is 0.0589. The lowest BCUT2D eigenvalue weighted by Crippen LogP contribution is -2.39. The van der Waals surface area contributed by atoms with E-state index in [1.54, 1.807) is 0 Å². The Hall–Kier alpha value is -1.14. The highest BCUT2D eigenvalue weighted by atomic mass is 16.7. The van der Waals surface area contributed by atoms with Crippen molar-refractivity contribution in [2.24, 2.45) is 11.8 Å². The average molecular weight is 328 g/mol. The zero-order valence-corrected chi connectivity index (χ0v) is 14.6. The van der Waals surface area contributed by atoms with Crippen LogP contribution in [-0.4, -0.2) is 43.7 Å².